The molecule has 21 heavy (non-hydrogen) atoms. The van der Waals surface area contributed by atoms with E-state index in [-0.39, 0.29) is 6.04 Å². The summed E-state index contributed by atoms with van der Waals surface area (Å²) < 4.78 is 5.52. The number of nitrogens with one attached hydrogen (secondary N) is 1. The summed E-state index contributed by atoms with van der Waals surface area (Å²) >= 11 is 0. The maximum atomic E-state index is 9.41. The van der Waals surface area contributed by atoms with E-state index in [1.807, 2.05) is 31.2 Å². The Kier molecular flexibility index (Phi) is 5.64. The fourth-order valence-electron chi connectivity index (χ4n) is 2.31. The Morgan fingerprint density at radius 2 is 1.76 bits per heavy atom. The van der Waals surface area contributed by atoms with Crippen molar-refractivity contribution >= 4 is 5.69 Å². The molecule has 2 N–H and O–H groups in total. The average Bonchev–Trinajstić information content (AvgIpc) is 2.52. The number of hydrogen-bond acceptors (Lipinski definition) is 3. The molecule has 112 valence electrons. The summed E-state index contributed by atoms with van der Waals surface area (Å²) in [6, 6.07) is 15.8. The van der Waals surface area contributed by atoms with Crippen LogP contribution >= 0.6 is 0 Å². The van der Waals surface area contributed by atoms with Crippen molar-refractivity contribution in [3.8, 4) is 5.75 Å². The van der Waals surface area contributed by atoms with Crippen molar-refractivity contribution in [1.29, 1.82) is 0 Å². The van der Waals surface area contributed by atoms with Gasteiger partial charge >= 0.3 is 0 Å². The van der Waals surface area contributed by atoms with Crippen LogP contribution in [0.3, 0.4) is 0 Å². The molecule has 1 atom stereocenters. The number of aromatic hydroxyl groups is 1. The Balaban J connectivity index is 2.16. The van der Waals surface area contributed by atoms with Crippen molar-refractivity contribution < 1.29 is 9.84 Å². The van der Waals surface area contributed by atoms with Gasteiger partial charge in [-0.05, 0) is 37.1 Å². The third-order valence-electron chi connectivity index (χ3n) is 3.51. The normalized spacial score (nSPS) is 12.1. The molecular weight excluding hydrogens is 262 g/mol. The molecule has 0 heterocycles. The lowest BCUT2D eigenvalue weighted by molar-refractivity contribution is 0.134. The minimum absolute atomic E-state index is 0.216. The van der Waals surface area contributed by atoms with Gasteiger partial charge in [0.2, 0.25) is 0 Å². The first-order valence-electron chi connectivity index (χ1n) is 7.45. The molecule has 0 aromatic heterocycles. The van der Waals surface area contributed by atoms with Crippen molar-refractivity contribution in [2.24, 2.45) is 0 Å². The van der Waals surface area contributed by atoms with E-state index in [9.17, 15) is 5.11 Å². The van der Waals surface area contributed by atoms with Crippen molar-refractivity contribution in [3.63, 3.8) is 0 Å². The molecule has 0 saturated heterocycles. The zero-order chi connectivity index (χ0) is 15.1. The summed E-state index contributed by atoms with van der Waals surface area (Å²) in [4.78, 5) is 0. The number of ether oxygens (including phenoxy) is 1. The second kappa shape index (κ2) is 7.70. The van der Waals surface area contributed by atoms with Gasteiger partial charge in [-0.1, -0.05) is 37.3 Å². The minimum atomic E-state index is 0.216. The molecule has 3 nitrogen and oxygen atoms in total. The van der Waals surface area contributed by atoms with E-state index in [1.165, 1.54) is 5.56 Å². The van der Waals surface area contributed by atoms with E-state index in [2.05, 4.69) is 24.4 Å². The number of rotatable bonds is 7. The van der Waals surface area contributed by atoms with Gasteiger partial charge in [-0.3, -0.25) is 0 Å². The summed E-state index contributed by atoms with van der Waals surface area (Å²) in [7, 11) is 0. The van der Waals surface area contributed by atoms with Gasteiger partial charge in [-0.15, -0.1) is 0 Å². The predicted molar refractivity (Wildman–Crippen MR) is 86.5 cm³/mol. The van der Waals surface area contributed by atoms with E-state index in [4.69, 9.17) is 4.74 Å². The summed E-state index contributed by atoms with van der Waals surface area (Å²) in [5, 5.41) is 13.0. The van der Waals surface area contributed by atoms with E-state index in [1.54, 1.807) is 12.1 Å². The van der Waals surface area contributed by atoms with Crippen LogP contribution in [0, 0.1) is 0 Å². The topological polar surface area (TPSA) is 41.5 Å². The molecular formula is C18H23NO2. The number of para-hydroxylation sites is 1. The third kappa shape index (κ3) is 4.23. The van der Waals surface area contributed by atoms with Crippen molar-refractivity contribution in [2.45, 2.75) is 32.9 Å². The number of benzene rings is 2. The third-order valence-corrected chi connectivity index (χ3v) is 3.51. The van der Waals surface area contributed by atoms with Gasteiger partial charge in [-0.2, -0.15) is 0 Å². The predicted octanol–water partition coefficient (Wildman–Crippen LogP) is 4.49. The molecule has 0 aliphatic heterocycles. The molecule has 0 fully saturated rings. The molecule has 0 spiro atoms. The second-order valence-electron chi connectivity index (χ2n) is 4.99. The van der Waals surface area contributed by atoms with Crippen LogP contribution in [0.2, 0.25) is 0 Å². The maximum Gasteiger partial charge on any atom is 0.115 e. The Labute approximate surface area is 126 Å². The fraction of sp³-hybridized carbons (Fsp3) is 0.333. The highest BCUT2D eigenvalue weighted by Crippen LogP contribution is 2.26. The SMILES string of the molecule is CCOCc1ccccc1NC(CC)c1ccc(O)cc1. The van der Waals surface area contributed by atoms with E-state index >= 15 is 0 Å². The van der Waals surface area contributed by atoms with Crippen molar-refractivity contribution in [2.75, 3.05) is 11.9 Å². The Bertz CT molecular complexity index is 551. The van der Waals surface area contributed by atoms with Gasteiger partial charge in [0.1, 0.15) is 5.75 Å². The standard InChI is InChI=1S/C18H23NO2/c1-3-17(14-9-11-16(20)12-10-14)19-18-8-6-5-7-15(18)13-21-4-2/h5-12,17,19-20H,3-4,13H2,1-2H3. The van der Waals surface area contributed by atoms with Gasteiger partial charge in [0.15, 0.2) is 0 Å². The molecule has 0 amide bonds. The van der Waals surface area contributed by atoms with Gasteiger partial charge in [0.05, 0.1) is 12.6 Å². The van der Waals surface area contributed by atoms with Crippen LogP contribution in [0.15, 0.2) is 48.5 Å². The number of phenolic OH excluding ortho intramolecular Hbond substituents is 1. The van der Waals surface area contributed by atoms with Crippen LogP contribution in [-0.2, 0) is 11.3 Å². The van der Waals surface area contributed by atoms with Crippen molar-refractivity contribution in [3.05, 3.63) is 59.7 Å². The largest absolute Gasteiger partial charge is 0.508 e. The second-order valence-corrected chi connectivity index (χ2v) is 4.99. The smallest absolute Gasteiger partial charge is 0.115 e. The van der Waals surface area contributed by atoms with Gasteiger partial charge in [0, 0.05) is 17.9 Å². The van der Waals surface area contributed by atoms with Crippen LogP contribution in [0.25, 0.3) is 0 Å². The molecule has 2 rings (SSSR count). The van der Waals surface area contributed by atoms with Crippen LogP contribution in [0.4, 0.5) is 5.69 Å². The lowest BCUT2D eigenvalue weighted by atomic mass is 10.0. The molecule has 0 aliphatic carbocycles. The average molecular weight is 285 g/mol. The number of phenols is 1. The molecule has 0 aliphatic rings. The maximum absolute atomic E-state index is 9.41. The van der Waals surface area contributed by atoms with E-state index in [0.717, 1.165) is 17.7 Å². The lowest BCUT2D eigenvalue weighted by Crippen LogP contribution is -2.11. The van der Waals surface area contributed by atoms with E-state index < -0.39 is 0 Å². The Morgan fingerprint density at radius 3 is 2.43 bits per heavy atom. The van der Waals surface area contributed by atoms with Gasteiger partial charge in [-0.25, -0.2) is 0 Å². The first-order valence-corrected chi connectivity index (χ1v) is 7.45. The monoisotopic (exact) mass is 285 g/mol. The molecule has 0 radical (unpaired) electrons. The van der Waals surface area contributed by atoms with E-state index in [0.29, 0.717) is 19.0 Å². The van der Waals surface area contributed by atoms with Crippen LogP contribution in [0.5, 0.6) is 5.75 Å². The summed E-state index contributed by atoms with van der Waals surface area (Å²) in [5.74, 6) is 0.297. The zero-order valence-corrected chi connectivity index (χ0v) is 12.7. The van der Waals surface area contributed by atoms with Crippen molar-refractivity contribution in [1.82, 2.24) is 0 Å². The number of hydrogen-bond donors (Lipinski definition) is 2. The molecule has 1 unspecified atom stereocenters. The highest BCUT2D eigenvalue weighted by Gasteiger charge is 2.11. The molecule has 3 heteroatoms. The molecule has 2 aromatic rings. The quantitative estimate of drug-likeness (QED) is 0.787. The Hall–Kier alpha value is -2.00. The first kappa shape index (κ1) is 15.4. The summed E-state index contributed by atoms with van der Waals surface area (Å²) in [6.07, 6.45) is 0.966. The highest BCUT2D eigenvalue weighted by atomic mass is 16.5. The summed E-state index contributed by atoms with van der Waals surface area (Å²) in [5.41, 5.74) is 3.43. The molecule has 0 bridgehead atoms. The first-order chi connectivity index (χ1) is 10.2. The molecule has 0 saturated carbocycles. The fourth-order valence-corrected chi connectivity index (χ4v) is 2.31. The highest BCUT2D eigenvalue weighted by molar-refractivity contribution is 5.52. The minimum Gasteiger partial charge on any atom is -0.508 e. The van der Waals surface area contributed by atoms with Gasteiger partial charge < -0.3 is 15.2 Å². The Morgan fingerprint density at radius 1 is 1.05 bits per heavy atom. The lowest BCUT2D eigenvalue weighted by Gasteiger charge is -2.21. The number of anilines is 1. The zero-order valence-electron chi connectivity index (χ0n) is 12.7. The van der Waals surface area contributed by atoms with Crippen LogP contribution in [-0.4, -0.2) is 11.7 Å². The van der Waals surface area contributed by atoms with Crippen LogP contribution < -0.4 is 5.32 Å². The summed E-state index contributed by atoms with van der Waals surface area (Å²) in [6.45, 7) is 5.48. The van der Waals surface area contributed by atoms with Gasteiger partial charge in [0.25, 0.3) is 0 Å². The van der Waals surface area contributed by atoms with Crippen LogP contribution in [0.1, 0.15) is 37.4 Å². The molecule has 2 aromatic carbocycles.